The van der Waals surface area contributed by atoms with Crippen LogP contribution in [0.2, 0.25) is 0 Å². The third kappa shape index (κ3) is 50.0. The summed E-state index contributed by atoms with van der Waals surface area (Å²) in [4.78, 5) is 25.7. The molecular weight excluding hydrogens is 518 g/mol. The molecule has 42 heavy (non-hydrogen) atoms. The molecule has 6 nitrogen and oxygen atoms in total. The van der Waals surface area contributed by atoms with Crippen molar-refractivity contribution in [2.45, 2.75) is 130 Å². The van der Waals surface area contributed by atoms with Gasteiger partial charge < -0.3 is 0 Å². The maximum Gasteiger partial charge on any atom is 0.347 e. The first kappa shape index (κ1) is 48.8. The van der Waals surface area contributed by atoms with Crippen LogP contribution in [0.15, 0.2) is 78.6 Å². The Bertz CT molecular complexity index is 766. The van der Waals surface area contributed by atoms with Gasteiger partial charge in [-0.15, -0.1) is 0 Å². The zero-order chi connectivity index (χ0) is 33.8. The smallest absolute Gasteiger partial charge is 0.297 e. The van der Waals surface area contributed by atoms with Gasteiger partial charge in [-0.1, -0.05) is 103 Å². The Labute approximate surface area is 261 Å². The number of nitrogens with zero attached hydrogens (tertiary/aromatic N) is 5. The van der Waals surface area contributed by atoms with Gasteiger partial charge in [0.15, 0.2) is 0 Å². The molecule has 3 heterocycles. The predicted molar refractivity (Wildman–Crippen MR) is 188 cm³/mol. The first-order valence-electron chi connectivity index (χ1n) is 16.1. The van der Waals surface area contributed by atoms with Crippen LogP contribution in [0.1, 0.15) is 130 Å². The van der Waals surface area contributed by atoms with Crippen LogP contribution < -0.4 is 5.69 Å². The Morgan fingerprint density at radius 2 is 1.00 bits per heavy atom. The minimum atomic E-state index is -0.183. The lowest BCUT2D eigenvalue weighted by Crippen LogP contribution is -2.22. The molecule has 0 spiro atoms. The van der Waals surface area contributed by atoms with Crippen molar-refractivity contribution in [2.75, 3.05) is 0 Å². The maximum atomic E-state index is 10.9. The van der Waals surface area contributed by atoms with Gasteiger partial charge in [-0.3, -0.25) is 9.55 Å². The van der Waals surface area contributed by atoms with Crippen LogP contribution in [0.25, 0.3) is 0 Å². The first-order chi connectivity index (χ1) is 20.0. The summed E-state index contributed by atoms with van der Waals surface area (Å²) in [7, 11) is 0. The van der Waals surface area contributed by atoms with Crippen molar-refractivity contribution < 1.29 is 0 Å². The van der Waals surface area contributed by atoms with Crippen molar-refractivity contribution >= 4 is 0 Å². The highest BCUT2D eigenvalue weighted by Gasteiger charge is 2.23. The van der Waals surface area contributed by atoms with Crippen LogP contribution in [-0.4, -0.2) is 24.5 Å². The van der Waals surface area contributed by atoms with Crippen LogP contribution in [0.3, 0.4) is 0 Å². The van der Waals surface area contributed by atoms with Crippen molar-refractivity contribution in [1.82, 2.24) is 24.5 Å². The van der Waals surface area contributed by atoms with Crippen molar-refractivity contribution in [3.8, 4) is 0 Å². The molecule has 1 aliphatic rings. The Balaban J connectivity index is -0.000000129. The van der Waals surface area contributed by atoms with E-state index in [-0.39, 0.29) is 11.7 Å². The van der Waals surface area contributed by atoms with E-state index < -0.39 is 0 Å². The molecule has 0 saturated heterocycles. The number of rotatable bonds is 2. The molecular formula is C36H69N5O. The average Bonchev–Trinajstić information content (AvgIpc) is 3.85. The molecule has 0 radical (unpaired) electrons. The molecule has 6 heteroatoms. The van der Waals surface area contributed by atoms with E-state index in [9.17, 15) is 4.79 Å². The fraction of sp³-hybridized carbons (Fsp3) is 0.639. The summed E-state index contributed by atoms with van der Waals surface area (Å²) in [6, 6.07) is 9.44. The molecule has 0 N–H and O–H groups in total. The van der Waals surface area contributed by atoms with Crippen LogP contribution in [0.5, 0.6) is 0 Å². The lowest BCUT2D eigenvalue weighted by Gasteiger charge is -2.05. The van der Waals surface area contributed by atoms with E-state index in [1.807, 2.05) is 73.6 Å². The van der Waals surface area contributed by atoms with E-state index in [0.29, 0.717) is 0 Å². The molecule has 1 aliphatic carbocycles. The van der Waals surface area contributed by atoms with Gasteiger partial charge in [-0.05, 0) is 74.6 Å². The fourth-order valence-corrected chi connectivity index (χ4v) is 2.09. The molecule has 0 aliphatic heterocycles. The molecule has 0 amide bonds. The largest absolute Gasteiger partial charge is 0.347 e. The highest BCUT2D eigenvalue weighted by atomic mass is 16.1. The molecule has 1 fully saturated rings. The van der Waals surface area contributed by atoms with Crippen molar-refractivity contribution in [2.24, 2.45) is 23.7 Å². The van der Waals surface area contributed by atoms with Gasteiger partial charge in [-0.25, -0.2) is 19.7 Å². The second-order valence-electron chi connectivity index (χ2n) is 10.4. The van der Waals surface area contributed by atoms with E-state index in [0.717, 1.165) is 23.7 Å². The summed E-state index contributed by atoms with van der Waals surface area (Å²) in [6.45, 7) is 33.5. The predicted octanol–water partition coefficient (Wildman–Crippen LogP) is 10.8. The molecule has 0 atom stereocenters. The number of hydrogen-bond donors (Lipinski definition) is 0. The minimum Gasteiger partial charge on any atom is -0.297 e. The topological polar surface area (TPSA) is 73.6 Å². The Kier molecular flexibility index (Phi) is 46.8. The van der Waals surface area contributed by atoms with Gasteiger partial charge in [0.25, 0.3) is 0 Å². The van der Waals surface area contributed by atoms with E-state index >= 15 is 0 Å². The molecule has 1 saturated carbocycles. The highest BCUT2D eigenvalue weighted by molar-refractivity contribution is 4.88. The summed E-state index contributed by atoms with van der Waals surface area (Å²) in [6.07, 6.45) is 14.6. The summed E-state index contributed by atoms with van der Waals surface area (Å²) < 4.78 is 1.58. The lowest BCUT2D eigenvalue weighted by atomic mass is 10.1. The second-order valence-corrected chi connectivity index (χ2v) is 10.4. The van der Waals surface area contributed by atoms with Gasteiger partial charge in [0.2, 0.25) is 0 Å². The van der Waals surface area contributed by atoms with Crippen LogP contribution >= 0.6 is 0 Å². The van der Waals surface area contributed by atoms with Crippen molar-refractivity contribution in [3.05, 3.63) is 84.3 Å². The third-order valence-corrected chi connectivity index (χ3v) is 3.90. The standard InChI is InChI=1S/C7H10N2O.C6H12.C5H5N.C4H4N2.2C4H10.3C2H6/c1-6(2)9-5-3-4-8-7(9)10;1-5(2)6-3-4-6;1-2-4-6-5-3-1;1-2-5-4-6-3-1;2*1-4(2)3;3*1-2/h3-6H,1-2H3;5-6H,3-4H2,1-2H3;1-5H;1-4H;2*4H,1-3H3;3*1-2H3. The van der Waals surface area contributed by atoms with Crippen LogP contribution in [-0.2, 0) is 0 Å². The third-order valence-electron chi connectivity index (χ3n) is 3.90. The average molecular weight is 588 g/mol. The van der Waals surface area contributed by atoms with Gasteiger partial charge in [0.05, 0.1) is 0 Å². The van der Waals surface area contributed by atoms with E-state index in [2.05, 4.69) is 75.3 Å². The quantitative estimate of drug-likeness (QED) is 0.298. The highest BCUT2D eigenvalue weighted by Crippen LogP contribution is 2.35. The Morgan fingerprint density at radius 1 is 0.595 bits per heavy atom. The molecule has 3 aromatic rings. The molecule has 0 bridgehead atoms. The lowest BCUT2D eigenvalue weighted by molar-refractivity contribution is 0.563. The van der Waals surface area contributed by atoms with Gasteiger partial charge >= 0.3 is 5.69 Å². The zero-order valence-corrected chi connectivity index (χ0v) is 30.4. The van der Waals surface area contributed by atoms with E-state index in [1.54, 1.807) is 47.7 Å². The molecule has 3 aromatic heterocycles. The summed E-state index contributed by atoms with van der Waals surface area (Å²) in [5, 5.41) is 0. The normalized spacial score (nSPS) is 10.1. The van der Waals surface area contributed by atoms with Gasteiger partial charge in [-0.2, -0.15) is 0 Å². The molecule has 4 rings (SSSR count). The first-order valence-corrected chi connectivity index (χ1v) is 16.1. The number of aromatic nitrogens is 5. The number of hydrogen-bond acceptors (Lipinski definition) is 5. The summed E-state index contributed by atoms with van der Waals surface area (Å²) >= 11 is 0. The molecule has 0 unspecified atom stereocenters. The Morgan fingerprint density at radius 3 is 1.14 bits per heavy atom. The summed E-state index contributed by atoms with van der Waals surface area (Å²) in [5.41, 5.74) is -0.183. The van der Waals surface area contributed by atoms with E-state index in [1.165, 1.54) is 25.4 Å². The zero-order valence-electron chi connectivity index (χ0n) is 30.4. The van der Waals surface area contributed by atoms with Gasteiger partial charge in [0.1, 0.15) is 6.33 Å². The monoisotopic (exact) mass is 588 g/mol. The van der Waals surface area contributed by atoms with Crippen molar-refractivity contribution in [1.29, 1.82) is 0 Å². The van der Waals surface area contributed by atoms with Crippen molar-refractivity contribution in [3.63, 3.8) is 0 Å². The van der Waals surface area contributed by atoms with E-state index in [4.69, 9.17) is 0 Å². The maximum absolute atomic E-state index is 10.9. The molecule has 244 valence electrons. The fourth-order valence-electron chi connectivity index (χ4n) is 2.09. The summed E-state index contributed by atoms with van der Waals surface area (Å²) in [5.74, 6) is 3.73. The van der Waals surface area contributed by atoms with Gasteiger partial charge in [0, 0.05) is 43.2 Å². The van der Waals surface area contributed by atoms with Crippen LogP contribution in [0.4, 0.5) is 0 Å². The number of pyridine rings is 1. The molecule has 0 aromatic carbocycles. The Hall–Kier alpha value is -2.89. The SMILES string of the molecule is CC.CC.CC.CC(C)C.CC(C)C.CC(C)C1CC1.CC(C)n1cccnc1=O.c1ccncc1.c1cncnc1. The second kappa shape index (κ2) is 40.2. The minimum absolute atomic E-state index is 0.183. The van der Waals surface area contributed by atoms with Crippen LogP contribution in [0, 0.1) is 23.7 Å².